The van der Waals surface area contributed by atoms with Gasteiger partial charge in [-0.3, -0.25) is 4.79 Å². The molecule has 3 aliphatic heterocycles. The van der Waals surface area contributed by atoms with Crippen molar-refractivity contribution in [1.29, 1.82) is 0 Å². The number of fused-ring (bicyclic) bond motifs is 8. The number of benzene rings is 4. The van der Waals surface area contributed by atoms with Crippen molar-refractivity contribution in [2.75, 3.05) is 21.3 Å². The number of carbonyl (C=O) groups excluding carboxylic acids is 1. The predicted octanol–water partition coefficient (Wildman–Crippen LogP) is 6.79. The summed E-state index contributed by atoms with van der Waals surface area (Å²) in [4.78, 5) is 12.9. The van der Waals surface area contributed by atoms with E-state index < -0.39 is 23.8 Å². The largest absolute Gasteiger partial charge is 0.496 e. The third-order valence-corrected chi connectivity index (χ3v) is 8.85. The van der Waals surface area contributed by atoms with Gasteiger partial charge in [0, 0.05) is 46.9 Å². The maximum Gasteiger partial charge on any atom is 0.316 e. The van der Waals surface area contributed by atoms with E-state index in [1.165, 1.54) is 6.92 Å². The maximum absolute atomic E-state index is 12.9. The number of hydrogen-bond acceptors (Lipinski definition) is 8. The highest BCUT2D eigenvalue weighted by molar-refractivity contribution is 5.72. The molecule has 8 nitrogen and oxygen atoms in total. The van der Waals surface area contributed by atoms with Gasteiger partial charge in [0.05, 0.1) is 27.2 Å². The first-order chi connectivity index (χ1) is 21.4. The predicted molar refractivity (Wildman–Crippen MR) is 162 cm³/mol. The molecule has 0 aliphatic carbocycles. The highest BCUT2D eigenvalue weighted by atomic mass is 16.7. The number of rotatable bonds is 6. The van der Waals surface area contributed by atoms with Gasteiger partial charge in [0.1, 0.15) is 40.6 Å². The number of carbonyl (C=O) groups is 1. The molecule has 7 rings (SSSR count). The van der Waals surface area contributed by atoms with Crippen LogP contribution in [0.5, 0.6) is 34.5 Å². The molecule has 2 bridgehead atoms. The van der Waals surface area contributed by atoms with Gasteiger partial charge < -0.3 is 33.2 Å². The summed E-state index contributed by atoms with van der Waals surface area (Å²) in [7, 11) is 4.88. The zero-order valence-corrected chi connectivity index (χ0v) is 25.3. The third-order valence-electron chi connectivity index (χ3n) is 8.85. The minimum atomic E-state index is -1.53. The van der Waals surface area contributed by atoms with Crippen molar-refractivity contribution in [3.05, 3.63) is 106 Å². The van der Waals surface area contributed by atoms with Gasteiger partial charge in [-0.05, 0) is 25.3 Å². The van der Waals surface area contributed by atoms with Crippen molar-refractivity contribution in [3.8, 4) is 34.5 Å². The summed E-state index contributed by atoms with van der Waals surface area (Å²) in [5.41, 5.74) is 4.98. The van der Waals surface area contributed by atoms with Gasteiger partial charge in [0.15, 0.2) is 6.10 Å². The van der Waals surface area contributed by atoms with Gasteiger partial charge in [0.2, 0.25) is 0 Å². The van der Waals surface area contributed by atoms with Crippen molar-refractivity contribution in [1.82, 2.24) is 0 Å². The minimum Gasteiger partial charge on any atom is -0.496 e. The number of methoxy groups -OCH3 is 3. The van der Waals surface area contributed by atoms with Gasteiger partial charge in [-0.15, -0.1) is 0 Å². The molecule has 0 radical (unpaired) electrons. The summed E-state index contributed by atoms with van der Waals surface area (Å²) in [6.45, 7) is 3.33. The van der Waals surface area contributed by atoms with E-state index in [9.17, 15) is 4.79 Å². The van der Waals surface area contributed by atoms with E-state index in [-0.39, 0.29) is 6.10 Å². The van der Waals surface area contributed by atoms with Crippen molar-refractivity contribution >= 4 is 5.97 Å². The zero-order valence-electron chi connectivity index (χ0n) is 25.3. The zero-order chi connectivity index (χ0) is 30.6. The van der Waals surface area contributed by atoms with Crippen LogP contribution in [0.3, 0.4) is 0 Å². The van der Waals surface area contributed by atoms with E-state index in [2.05, 4.69) is 12.1 Å². The summed E-state index contributed by atoms with van der Waals surface area (Å²) < 4.78 is 44.6. The minimum absolute atomic E-state index is 0.188. The van der Waals surface area contributed by atoms with Crippen molar-refractivity contribution in [3.63, 3.8) is 0 Å². The Morgan fingerprint density at radius 1 is 0.841 bits per heavy atom. The van der Waals surface area contributed by atoms with Crippen LogP contribution >= 0.6 is 0 Å². The maximum atomic E-state index is 12.9. The highest BCUT2D eigenvalue weighted by Crippen LogP contribution is 2.63. The Morgan fingerprint density at radius 3 is 2.11 bits per heavy atom. The fourth-order valence-corrected chi connectivity index (χ4v) is 6.97. The molecule has 0 saturated heterocycles. The lowest BCUT2D eigenvalue weighted by Crippen LogP contribution is -2.59. The van der Waals surface area contributed by atoms with Gasteiger partial charge in [-0.1, -0.05) is 60.7 Å². The molecular formula is C36H34O8. The molecule has 0 unspecified atom stereocenters. The molecule has 0 amide bonds. The van der Waals surface area contributed by atoms with Crippen LogP contribution in [-0.2, 0) is 21.7 Å². The molecule has 0 fully saturated rings. The molecule has 44 heavy (non-hydrogen) atoms. The molecule has 4 aromatic carbocycles. The van der Waals surface area contributed by atoms with Crippen LogP contribution in [0.4, 0.5) is 0 Å². The van der Waals surface area contributed by atoms with Crippen molar-refractivity contribution in [2.45, 2.75) is 50.6 Å². The Hall–Kier alpha value is -4.85. The smallest absolute Gasteiger partial charge is 0.316 e. The fraction of sp³-hybridized carbons (Fsp3) is 0.306. The van der Waals surface area contributed by atoms with Crippen LogP contribution in [0.2, 0.25) is 0 Å². The molecular weight excluding hydrogens is 560 g/mol. The van der Waals surface area contributed by atoms with Crippen LogP contribution in [0.15, 0.2) is 72.8 Å². The molecule has 0 aromatic heterocycles. The lowest BCUT2D eigenvalue weighted by molar-refractivity contribution is -0.232. The second-order valence-electron chi connectivity index (χ2n) is 11.2. The first kappa shape index (κ1) is 28.0. The van der Waals surface area contributed by atoms with Crippen LogP contribution in [0.25, 0.3) is 0 Å². The van der Waals surface area contributed by atoms with E-state index in [1.54, 1.807) is 21.3 Å². The van der Waals surface area contributed by atoms with Crippen LogP contribution < -0.4 is 28.4 Å². The molecule has 0 spiro atoms. The SMILES string of the molecule is COc1cc2c(c(OC)c1C)[C@@H]1c3c(cc(OC)c4c3O[C@H](c3ccccc3)CC4)O[C@](c3ccccc3)(O2)[C@@H]1OC(C)=O. The van der Waals surface area contributed by atoms with Gasteiger partial charge in [-0.2, -0.15) is 0 Å². The lowest BCUT2D eigenvalue weighted by Gasteiger charge is -2.51. The van der Waals surface area contributed by atoms with Crippen molar-refractivity contribution in [2.24, 2.45) is 0 Å². The Kier molecular flexibility index (Phi) is 6.80. The first-order valence-corrected chi connectivity index (χ1v) is 14.7. The first-order valence-electron chi connectivity index (χ1n) is 14.7. The summed E-state index contributed by atoms with van der Waals surface area (Å²) in [5.74, 6) is 0.952. The number of esters is 1. The second kappa shape index (κ2) is 10.7. The molecule has 3 heterocycles. The van der Waals surface area contributed by atoms with Gasteiger partial charge in [-0.25, -0.2) is 0 Å². The molecule has 226 valence electrons. The highest BCUT2D eigenvalue weighted by Gasteiger charge is 2.62. The monoisotopic (exact) mass is 594 g/mol. The van der Waals surface area contributed by atoms with E-state index in [4.69, 9.17) is 33.2 Å². The second-order valence-corrected chi connectivity index (χ2v) is 11.2. The molecule has 0 N–H and O–H groups in total. The molecule has 4 atom stereocenters. The average Bonchev–Trinajstić information content (AvgIpc) is 3.05. The Balaban J connectivity index is 1.56. The van der Waals surface area contributed by atoms with Gasteiger partial charge >= 0.3 is 11.8 Å². The van der Waals surface area contributed by atoms with Crippen LogP contribution in [0.1, 0.15) is 58.7 Å². The molecule has 0 saturated carbocycles. The van der Waals surface area contributed by atoms with E-state index in [1.807, 2.05) is 67.6 Å². The molecule has 3 aliphatic rings. The summed E-state index contributed by atoms with van der Waals surface area (Å²) in [5, 5.41) is 0. The van der Waals surface area contributed by atoms with E-state index in [0.717, 1.165) is 40.7 Å². The number of ether oxygens (including phenoxy) is 7. The molecule has 4 aromatic rings. The topological polar surface area (TPSA) is 81.7 Å². The Bertz CT molecular complexity index is 1730. The number of hydrogen-bond donors (Lipinski definition) is 0. The Labute approximate surface area is 256 Å². The third kappa shape index (κ3) is 4.15. The summed E-state index contributed by atoms with van der Waals surface area (Å²) in [6, 6.07) is 23.4. The lowest BCUT2D eigenvalue weighted by atomic mass is 9.73. The van der Waals surface area contributed by atoms with Crippen LogP contribution in [-0.4, -0.2) is 33.4 Å². The Morgan fingerprint density at radius 2 is 1.48 bits per heavy atom. The van der Waals surface area contributed by atoms with Crippen molar-refractivity contribution < 1.29 is 38.0 Å². The fourth-order valence-electron chi connectivity index (χ4n) is 6.97. The molecule has 8 heteroatoms. The van der Waals surface area contributed by atoms with E-state index in [0.29, 0.717) is 40.1 Å². The summed E-state index contributed by atoms with van der Waals surface area (Å²) >= 11 is 0. The quantitative estimate of drug-likeness (QED) is 0.226. The average molecular weight is 595 g/mol. The summed E-state index contributed by atoms with van der Waals surface area (Å²) in [6.07, 6.45) is 0.384. The standard InChI is InChI=1S/C36H34O8/c1-20-26(38-3)18-28-30(33(20)40-5)32-31-29(44-36(43-28,35(32)41-21(2)37)23-14-10-7-11-15-23)19-27(39-4)24-16-17-25(42-34(24)31)22-12-8-6-9-13-22/h6-15,18-19,25,32,35H,16-17H2,1-5H3/t25-,32+,35+,36-/m0/s1. The van der Waals surface area contributed by atoms with Gasteiger partial charge in [0.25, 0.3) is 0 Å². The van der Waals surface area contributed by atoms with E-state index >= 15 is 0 Å². The normalized spacial score (nSPS) is 22.5. The van der Waals surface area contributed by atoms with Crippen LogP contribution in [0, 0.1) is 6.92 Å².